The number of hydrogen-bond acceptors (Lipinski definition) is 4. The highest BCUT2D eigenvalue weighted by atomic mass is 19.3. The van der Waals surface area contributed by atoms with E-state index in [1.54, 1.807) is 0 Å². The lowest BCUT2D eigenvalue weighted by Gasteiger charge is -2.14. The van der Waals surface area contributed by atoms with Crippen molar-refractivity contribution in [3.8, 4) is 0 Å². The van der Waals surface area contributed by atoms with Crippen molar-refractivity contribution in [2.24, 2.45) is 0 Å². The summed E-state index contributed by atoms with van der Waals surface area (Å²) in [6.45, 7) is 2.18. The quantitative estimate of drug-likeness (QED) is 0.683. The Bertz CT molecular complexity index is 751. The average molecular weight is 368 g/mol. The number of fused-ring (bicyclic) bond motifs is 1. The molecule has 9 heteroatoms. The predicted octanol–water partition coefficient (Wildman–Crippen LogP) is 1.92. The molecule has 1 aliphatic heterocycles. The van der Waals surface area contributed by atoms with Gasteiger partial charge >= 0.3 is 5.97 Å². The zero-order valence-corrected chi connectivity index (χ0v) is 14.0. The summed E-state index contributed by atoms with van der Waals surface area (Å²) < 4.78 is 24.8. The van der Waals surface area contributed by atoms with Gasteiger partial charge in [0.1, 0.15) is 6.04 Å². The summed E-state index contributed by atoms with van der Waals surface area (Å²) in [6.07, 6.45) is -2.49. The molecule has 1 aromatic carbocycles. The number of imide groups is 1. The first kappa shape index (κ1) is 19.5. The first-order valence-electron chi connectivity index (χ1n) is 8.08. The standard InChI is InChI=1S/C17H18F2N2O5/c1-2-3-6-21-15(23)10-5-4-9(7-11(10)16(21)24)14(22)20-12(17(25)26)8-13(18)19/h4-5,7,12-13H,2-3,6,8H2,1H3,(H,20,22)(H,25,26). The highest BCUT2D eigenvalue weighted by Gasteiger charge is 2.35. The van der Waals surface area contributed by atoms with Gasteiger partial charge in [-0.3, -0.25) is 19.3 Å². The van der Waals surface area contributed by atoms with Crippen LogP contribution in [0.25, 0.3) is 0 Å². The number of unbranched alkanes of at least 4 members (excludes halogenated alkanes) is 1. The van der Waals surface area contributed by atoms with Crippen molar-refractivity contribution in [2.45, 2.75) is 38.7 Å². The number of amides is 3. The lowest BCUT2D eigenvalue weighted by atomic mass is 10.0. The fourth-order valence-electron chi connectivity index (χ4n) is 2.59. The molecular weight excluding hydrogens is 350 g/mol. The topological polar surface area (TPSA) is 104 Å². The number of hydrogen-bond donors (Lipinski definition) is 2. The average Bonchev–Trinajstić information content (AvgIpc) is 2.82. The lowest BCUT2D eigenvalue weighted by molar-refractivity contribution is -0.140. The highest BCUT2D eigenvalue weighted by molar-refractivity contribution is 6.22. The lowest BCUT2D eigenvalue weighted by Crippen LogP contribution is -2.42. The normalized spacial score (nSPS) is 14.5. The zero-order chi connectivity index (χ0) is 19.4. The molecule has 0 aliphatic carbocycles. The van der Waals surface area contributed by atoms with Gasteiger partial charge in [0.15, 0.2) is 0 Å². The minimum atomic E-state index is -2.90. The van der Waals surface area contributed by atoms with Crippen LogP contribution in [0.15, 0.2) is 18.2 Å². The Morgan fingerprint density at radius 1 is 1.19 bits per heavy atom. The molecule has 1 atom stereocenters. The van der Waals surface area contributed by atoms with Gasteiger partial charge in [-0.15, -0.1) is 0 Å². The Morgan fingerprint density at radius 2 is 1.85 bits per heavy atom. The predicted molar refractivity (Wildman–Crippen MR) is 86.2 cm³/mol. The molecule has 7 nitrogen and oxygen atoms in total. The van der Waals surface area contributed by atoms with Crippen LogP contribution in [0, 0.1) is 0 Å². The molecule has 0 bridgehead atoms. The second-order valence-electron chi connectivity index (χ2n) is 5.87. The van der Waals surface area contributed by atoms with Crippen LogP contribution >= 0.6 is 0 Å². The molecule has 1 aromatic rings. The molecular formula is C17H18F2N2O5. The SMILES string of the molecule is CCCCN1C(=O)c2ccc(C(=O)NC(CC(F)F)C(=O)O)cc2C1=O. The van der Waals surface area contributed by atoms with E-state index in [9.17, 15) is 28.0 Å². The molecule has 140 valence electrons. The Morgan fingerprint density at radius 3 is 2.42 bits per heavy atom. The number of carboxylic acids is 1. The molecule has 0 radical (unpaired) electrons. The van der Waals surface area contributed by atoms with Gasteiger partial charge in [-0.05, 0) is 24.6 Å². The summed E-state index contributed by atoms with van der Waals surface area (Å²) >= 11 is 0. The van der Waals surface area contributed by atoms with Crippen molar-refractivity contribution < 1.29 is 33.1 Å². The van der Waals surface area contributed by atoms with Crippen molar-refractivity contribution in [1.82, 2.24) is 10.2 Å². The van der Waals surface area contributed by atoms with Gasteiger partial charge in [0.05, 0.1) is 11.1 Å². The maximum atomic E-state index is 12.4. The molecule has 26 heavy (non-hydrogen) atoms. The first-order chi connectivity index (χ1) is 12.3. The number of carbonyl (C=O) groups is 4. The fraction of sp³-hybridized carbons (Fsp3) is 0.412. The Hall–Kier alpha value is -2.84. The van der Waals surface area contributed by atoms with Gasteiger partial charge in [0, 0.05) is 18.5 Å². The second-order valence-corrected chi connectivity index (χ2v) is 5.87. The minimum absolute atomic E-state index is 0.0412. The number of carboxylic acid groups (broad SMARTS) is 1. The molecule has 0 aromatic heterocycles. The van der Waals surface area contributed by atoms with Gasteiger partial charge in [-0.1, -0.05) is 13.3 Å². The van der Waals surface area contributed by atoms with Crippen molar-refractivity contribution in [3.63, 3.8) is 0 Å². The van der Waals surface area contributed by atoms with E-state index < -0.39 is 42.6 Å². The van der Waals surface area contributed by atoms with E-state index in [0.717, 1.165) is 11.3 Å². The molecule has 0 spiro atoms. The number of carbonyl (C=O) groups excluding carboxylic acids is 3. The highest BCUT2D eigenvalue weighted by Crippen LogP contribution is 2.24. The molecule has 0 saturated heterocycles. The van der Waals surface area contributed by atoms with Crippen molar-refractivity contribution >= 4 is 23.7 Å². The van der Waals surface area contributed by atoms with Crippen LogP contribution in [-0.4, -0.2) is 52.7 Å². The van der Waals surface area contributed by atoms with Gasteiger partial charge in [0.25, 0.3) is 17.7 Å². The van der Waals surface area contributed by atoms with Crippen LogP contribution in [0.1, 0.15) is 57.3 Å². The number of aliphatic carboxylic acids is 1. The summed E-state index contributed by atoms with van der Waals surface area (Å²) in [7, 11) is 0. The zero-order valence-electron chi connectivity index (χ0n) is 14.0. The van der Waals surface area contributed by atoms with Crippen molar-refractivity contribution in [3.05, 3.63) is 34.9 Å². The number of halogens is 2. The number of nitrogens with zero attached hydrogens (tertiary/aromatic N) is 1. The smallest absolute Gasteiger partial charge is 0.326 e. The molecule has 0 saturated carbocycles. The maximum absolute atomic E-state index is 12.4. The molecule has 1 heterocycles. The summed E-state index contributed by atoms with van der Waals surface area (Å²) in [4.78, 5) is 48.8. The van der Waals surface area contributed by atoms with Crippen LogP contribution < -0.4 is 5.32 Å². The number of rotatable bonds is 8. The van der Waals surface area contributed by atoms with Gasteiger partial charge in [-0.25, -0.2) is 13.6 Å². The van der Waals surface area contributed by atoms with E-state index >= 15 is 0 Å². The largest absolute Gasteiger partial charge is 0.480 e. The second kappa shape index (κ2) is 8.03. The third-order valence-electron chi connectivity index (χ3n) is 3.99. The summed E-state index contributed by atoms with van der Waals surface area (Å²) in [5, 5.41) is 10.9. The van der Waals surface area contributed by atoms with Crippen LogP contribution in [0.3, 0.4) is 0 Å². The van der Waals surface area contributed by atoms with Crippen LogP contribution in [0.4, 0.5) is 8.78 Å². The maximum Gasteiger partial charge on any atom is 0.326 e. The van der Waals surface area contributed by atoms with E-state index in [0.29, 0.717) is 6.42 Å². The Balaban J connectivity index is 2.20. The van der Waals surface area contributed by atoms with E-state index in [-0.39, 0.29) is 23.2 Å². The molecule has 2 rings (SSSR count). The van der Waals surface area contributed by atoms with Crippen molar-refractivity contribution in [1.29, 1.82) is 0 Å². The monoisotopic (exact) mass is 368 g/mol. The molecule has 2 N–H and O–H groups in total. The van der Waals surface area contributed by atoms with Gasteiger partial charge < -0.3 is 10.4 Å². The van der Waals surface area contributed by atoms with Gasteiger partial charge in [-0.2, -0.15) is 0 Å². The van der Waals surface area contributed by atoms with Crippen LogP contribution in [-0.2, 0) is 4.79 Å². The third kappa shape index (κ3) is 4.04. The fourth-order valence-corrected chi connectivity index (χ4v) is 2.59. The summed E-state index contributed by atoms with van der Waals surface area (Å²) in [6, 6.07) is 1.98. The molecule has 3 amide bonds. The third-order valence-corrected chi connectivity index (χ3v) is 3.99. The summed E-state index contributed by atoms with van der Waals surface area (Å²) in [5.41, 5.74) is 0.118. The molecule has 0 fully saturated rings. The number of alkyl halides is 2. The van der Waals surface area contributed by atoms with Crippen LogP contribution in [0.5, 0.6) is 0 Å². The Kier molecular flexibility index (Phi) is 6.01. The molecule has 1 unspecified atom stereocenters. The van der Waals surface area contributed by atoms with Crippen LogP contribution in [0.2, 0.25) is 0 Å². The number of nitrogens with one attached hydrogen (secondary N) is 1. The number of benzene rings is 1. The minimum Gasteiger partial charge on any atom is -0.480 e. The van der Waals surface area contributed by atoms with E-state index in [1.165, 1.54) is 18.2 Å². The van der Waals surface area contributed by atoms with Crippen molar-refractivity contribution in [2.75, 3.05) is 6.54 Å². The Labute approximate surface area is 148 Å². The first-order valence-corrected chi connectivity index (χ1v) is 8.08. The van der Waals surface area contributed by atoms with E-state index in [4.69, 9.17) is 5.11 Å². The van der Waals surface area contributed by atoms with E-state index in [1.807, 2.05) is 12.2 Å². The van der Waals surface area contributed by atoms with Gasteiger partial charge in [0.2, 0.25) is 6.43 Å². The molecule has 1 aliphatic rings. The van der Waals surface area contributed by atoms with E-state index in [2.05, 4.69) is 0 Å². The summed E-state index contributed by atoms with van der Waals surface area (Å²) in [5.74, 6) is -3.48.